The Morgan fingerprint density at radius 3 is 2.41 bits per heavy atom. The van der Waals surface area contributed by atoms with Crippen molar-refractivity contribution in [1.29, 1.82) is 0 Å². The average Bonchev–Trinajstić information content (AvgIpc) is 2.90. The molecule has 0 saturated carbocycles. The summed E-state index contributed by atoms with van der Waals surface area (Å²) in [5.74, 6) is 0.535. The maximum absolute atomic E-state index is 5.92. The molecule has 5 rings (SSSR count). The molecule has 4 aromatic rings. The molecule has 1 aliphatic heterocycles. The average molecular weight is 455 g/mol. The molecule has 0 amide bonds. The number of benzene rings is 2. The van der Waals surface area contributed by atoms with Crippen molar-refractivity contribution in [3.63, 3.8) is 0 Å². The van der Waals surface area contributed by atoms with Crippen molar-refractivity contribution in [2.75, 3.05) is 31.2 Å². The Hall–Kier alpha value is -3.51. The van der Waals surface area contributed by atoms with Crippen molar-refractivity contribution in [3.05, 3.63) is 78.9 Å². The van der Waals surface area contributed by atoms with E-state index < -0.39 is 0 Å². The number of aromatic nitrogens is 3. The number of nitrogens with zero attached hydrogens (tertiary/aromatic N) is 4. The molecule has 0 spiro atoms. The van der Waals surface area contributed by atoms with Crippen molar-refractivity contribution in [2.24, 2.45) is 5.92 Å². The van der Waals surface area contributed by atoms with Gasteiger partial charge in [0.1, 0.15) is 0 Å². The van der Waals surface area contributed by atoms with Crippen LogP contribution in [0.25, 0.3) is 22.2 Å². The number of pyridine rings is 1. The SMILES string of the molecule is CC.CN1CCC(C(Nc2cc(-c3ccc(N)cc3)c3nccnc3c2)c2cccnc2)CC1. The molecule has 1 fully saturated rings. The molecule has 3 N–H and O–H groups in total. The summed E-state index contributed by atoms with van der Waals surface area (Å²) >= 11 is 0. The van der Waals surface area contributed by atoms with E-state index in [4.69, 9.17) is 5.73 Å². The highest BCUT2D eigenvalue weighted by molar-refractivity contribution is 5.94. The number of fused-ring (bicyclic) bond motifs is 1. The van der Waals surface area contributed by atoms with E-state index in [1.54, 1.807) is 12.4 Å². The van der Waals surface area contributed by atoms with Gasteiger partial charge in [0.05, 0.1) is 17.1 Å². The van der Waals surface area contributed by atoms with Crippen LogP contribution in [-0.4, -0.2) is 40.0 Å². The molecule has 176 valence electrons. The van der Waals surface area contributed by atoms with Crippen LogP contribution >= 0.6 is 0 Å². The molecule has 1 aliphatic rings. The van der Waals surface area contributed by atoms with Crippen LogP contribution in [0.5, 0.6) is 0 Å². The standard InChI is InChI=1S/C26H28N6.C2H6/c1-32-13-8-19(9-14-32)25(20-3-2-10-28-17-20)31-22-15-23(18-4-6-21(27)7-5-18)26-24(16-22)29-11-12-30-26;1-2/h2-7,10-12,15-17,19,25,31H,8-9,13-14,27H2,1H3;1-2H3. The van der Waals surface area contributed by atoms with Crippen LogP contribution in [0.2, 0.25) is 0 Å². The molecule has 0 aliphatic carbocycles. The number of piperidine rings is 1. The van der Waals surface area contributed by atoms with Crippen LogP contribution in [0.1, 0.15) is 38.3 Å². The second-order valence-corrected chi connectivity index (χ2v) is 8.62. The van der Waals surface area contributed by atoms with Gasteiger partial charge >= 0.3 is 0 Å². The van der Waals surface area contributed by atoms with Gasteiger partial charge in [0.25, 0.3) is 0 Å². The third-order valence-corrected chi connectivity index (χ3v) is 6.40. The van der Waals surface area contributed by atoms with Crippen molar-refractivity contribution in [3.8, 4) is 11.1 Å². The van der Waals surface area contributed by atoms with Crippen LogP contribution in [0.15, 0.2) is 73.3 Å². The predicted octanol–water partition coefficient (Wildman–Crippen LogP) is 5.80. The predicted molar refractivity (Wildman–Crippen MR) is 142 cm³/mol. The number of likely N-dealkylation sites (tertiary alicyclic amines) is 1. The summed E-state index contributed by atoms with van der Waals surface area (Å²) in [5, 5.41) is 3.84. The van der Waals surface area contributed by atoms with Crippen LogP contribution in [0, 0.1) is 5.92 Å². The Balaban J connectivity index is 0.00000133. The number of rotatable bonds is 5. The molecule has 1 unspecified atom stereocenters. The maximum Gasteiger partial charge on any atom is 0.0966 e. The van der Waals surface area contributed by atoms with Gasteiger partial charge in [-0.1, -0.05) is 32.0 Å². The monoisotopic (exact) mass is 454 g/mol. The smallest absolute Gasteiger partial charge is 0.0966 e. The van der Waals surface area contributed by atoms with Crippen LogP contribution < -0.4 is 11.1 Å². The minimum Gasteiger partial charge on any atom is -0.399 e. The fourth-order valence-electron chi connectivity index (χ4n) is 4.62. The summed E-state index contributed by atoms with van der Waals surface area (Å²) in [6.45, 7) is 6.23. The molecule has 6 nitrogen and oxygen atoms in total. The summed E-state index contributed by atoms with van der Waals surface area (Å²) in [4.78, 5) is 16.0. The summed E-state index contributed by atoms with van der Waals surface area (Å²) < 4.78 is 0. The number of nitrogens with one attached hydrogen (secondary N) is 1. The molecule has 2 aromatic carbocycles. The molecule has 3 heterocycles. The molecule has 0 bridgehead atoms. The van der Waals surface area contributed by atoms with E-state index in [0.717, 1.165) is 59.5 Å². The van der Waals surface area contributed by atoms with Crippen LogP contribution in [0.3, 0.4) is 0 Å². The highest BCUT2D eigenvalue weighted by atomic mass is 15.1. The number of nitrogens with two attached hydrogens (primary N) is 1. The lowest BCUT2D eigenvalue weighted by molar-refractivity contribution is 0.204. The van der Waals surface area contributed by atoms with Crippen LogP contribution in [0.4, 0.5) is 11.4 Å². The minimum absolute atomic E-state index is 0.186. The number of anilines is 2. The van der Waals surface area contributed by atoms with Gasteiger partial charge in [-0.15, -0.1) is 0 Å². The number of hydrogen-bond acceptors (Lipinski definition) is 6. The first-order valence-electron chi connectivity index (χ1n) is 12.1. The lowest BCUT2D eigenvalue weighted by Crippen LogP contribution is -2.34. The molecular formula is C28H34N6. The van der Waals surface area contributed by atoms with E-state index in [0.29, 0.717) is 5.92 Å². The summed E-state index contributed by atoms with van der Waals surface area (Å²) in [5.41, 5.74) is 12.8. The summed E-state index contributed by atoms with van der Waals surface area (Å²) in [7, 11) is 2.20. The largest absolute Gasteiger partial charge is 0.399 e. The first-order chi connectivity index (χ1) is 16.7. The topological polar surface area (TPSA) is 80.0 Å². The Morgan fingerprint density at radius 1 is 0.971 bits per heavy atom. The zero-order valence-corrected chi connectivity index (χ0v) is 20.3. The summed E-state index contributed by atoms with van der Waals surface area (Å²) in [6.07, 6.45) is 9.61. The lowest BCUT2D eigenvalue weighted by Gasteiger charge is -2.35. The third kappa shape index (κ3) is 5.34. The quantitative estimate of drug-likeness (QED) is 0.371. The van der Waals surface area contributed by atoms with Gasteiger partial charge in [-0.3, -0.25) is 15.0 Å². The Bertz CT molecular complexity index is 1180. The molecule has 0 radical (unpaired) electrons. The van der Waals surface area contributed by atoms with E-state index in [1.165, 1.54) is 5.56 Å². The van der Waals surface area contributed by atoms with Gasteiger partial charge in [0, 0.05) is 41.7 Å². The van der Waals surface area contributed by atoms with Gasteiger partial charge in [0.15, 0.2) is 0 Å². The van der Waals surface area contributed by atoms with E-state index in [-0.39, 0.29) is 6.04 Å². The zero-order chi connectivity index (χ0) is 23.9. The van der Waals surface area contributed by atoms with E-state index in [9.17, 15) is 0 Å². The fourth-order valence-corrected chi connectivity index (χ4v) is 4.62. The third-order valence-electron chi connectivity index (χ3n) is 6.40. The van der Waals surface area contributed by atoms with E-state index in [1.807, 2.05) is 56.6 Å². The van der Waals surface area contributed by atoms with Crippen LogP contribution in [-0.2, 0) is 0 Å². The van der Waals surface area contributed by atoms with Gasteiger partial charge in [0.2, 0.25) is 0 Å². The second-order valence-electron chi connectivity index (χ2n) is 8.62. The Morgan fingerprint density at radius 2 is 1.71 bits per heavy atom. The normalized spacial score (nSPS) is 15.4. The molecule has 6 heteroatoms. The highest BCUT2D eigenvalue weighted by Gasteiger charge is 2.27. The van der Waals surface area contributed by atoms with Gasteiger partial charge in [-0.25, -0.2) is 0 Å². The first-order valence-corrected chi connectivity index (χ1v) is 12.1. The molecule has 1 saturated heterocycles. The lowest BCUT2D eigenvalue weighted by atomic mass is 9.85. The minimum atomic E-state index is 0.186. The second kappa shape index (κ2) is 11.1. The van der Waals surface area contributed by atoms with E-state index in [2.05, 4.69) is 50.4 Å². The van der Waals surface area contributed by atoms with Gasteiger partial charge in [-0.05, 0) is 80.4 Å². The van der Waals surface area contributed by atoms with Gasteiger partial charge in [-0.2, -0.15) is 0 Å². The Kier molecular flexibility index (Phi) is 7.70. The van der Waals surface area contributed by atoms with E-state index >= 15 is 0 Å². The molecular weight excluding hydrogens is 420 g/mol. The number of nitrogen functional groups attached to an aromatic ring is 1. The van der Waals surface area contributed by atoms with Crippen molar-refractivity contribution in [2.45, 2.75) is 32.7 Å². The summed E-state index contributed by atoms with van der Waals surface area (Å²) in [6, 6.07) is 16.6. The highest BCUT2D eigenvalue weighted by Crippen LogP contribution is 2.36. The van der Waals surface area contributed by atoms with Crippen molar-refractivity contribution >= 4 is 22.4 Å². The van der Waals surface area contributed by atoms with Crippen molar-refractivity contribution in [1.82, 2.24) is 19.9 Å². The molecule has 1 atom stereocenters. The molecule has 34 heavy (non-hydrogen) atoms. The number of hydrogen-bond donors (Lipinski definition) is 2. The van der Waals surface area contributed by atoms with Gasteiger partial charge < -0.3 is 16.0 Å². The first kappa shape index (κ1) is 23.6. The molecule has 2 aromatic heterocycles. The fraction of sp³-hybridized carbons (Fsp3) is 0.321. The van der Waals surface area contributed by atoms with Crippen molar-refractivity contribution < 1.29 is 0 Å². The maximum atomic E-state index is 5.92. The Labute approximate surface area is 202 Å². The zero-order valence-electron chi connectivity index (χ0n) is 20.3.